The van der Waals surface area contributed by atoms with Crippen molar-refractivity contribution in [2.45, 2.75) is 54.7 Å². The van der Waals surface area contributed by atoms with Crippen molar-refractivity contribution in [3.05, 3.63) is 11.1 Å². The lowest BCUT2D eigenvalue weighted by Crippen LogP contribution is -2.51. The maximum absolute atomic E-state index is 12.1. The van der Waals surface area contributed by atoms with Crippen LogP contribution in [0.1, 0.15) is 38.3 Å². The summed E-state index contributed by atoms with van der Waals surface area (Å²) in [6.07, 6.45) is 3.71. The lowest BCUT2D eigenvalue weighted by Gasteiger charge is -2.27. The molecule has 0 radical (unpaired) electrons. The molecule has 2 unspecified atom stereocenters. The highest BCUT2D eigenvalue weighted by molar-refractivity contribution is 8.01. The third-order valence-corrected chi connectivity index (χ3v) is 5.98. The zero-order valence-electron chi connectivity index (χ0n) is 12.3. The van der Waals surface area contributed by atoms with Gasteiger partial charge in [-0.15, -0.1) is 11.3 Å². The molecule has 0 spiro atoms. The van der Waals surface area contributed by atoms with E-state index in [-0.39, 0.29) is 5.97 Å². The Labute approximate surface area is 128 Å². The Morgan fingerprint density at radius 1 is 1.70 bits per heavy atom. The molecule has 1 fully saturated rings. The number of rotatable bonds is 6. The van der Waals surface area contributed by atoms with Gasteiger partial charge in [0.15, 0.2) is 0 Å². The van der Waals surface area contributed by atoms with Crippen LogP contribution in [0, 0.1) is 6.92 Å². The van der Waals surface area contributed by atoms with Crippen LogP contribution in [0.2, 0.25) is 0 Å². The van der Waals surface area contributed by atoms with Crippen molar-refractivity contribution in [3.8, 4) is 0 Å². The van der Waals surface area contributed by atoms with Gasteiger partial charge in [-0.2, -0.15) is 0 Å². The van der Waals surface area contributed by atoms with E-state index in [1.165, 1.54) is 7.11 Å². The van der Waals surface area contributed by atoms with Crippen molar-refractivity contribution in [3.63, 3.8) is 0 Å². The Kier molecular flexibility index (Phi) is 5.46. The molecule has 0 amide bonds. The summed E-state index contributed by atoms with van der Waals surface area (Å²) in [6, 6.07) is 0. The van der Waals surface area contributed by atoms with Crippen molar-refractivity contribution in [1.82, 2.24) is 10.3 Å². The minimum absolute atomic E-state index is 0.121. The molecule has 0 bridgehead atoms. The lowest BCUT2D eigenvalue weighted by molar-refractivity contribution is -0.148. The summed E-state index contributed by atoms with van der Waals surface area (Å²) in [6.45, 7) is 4.97. The number of nitrogens with one attached hydrogen (secondary N) is 1. The van der Waals surface area contributed by atoms with Gasteiger partial charge in [0.05, 0.1) is 7.11 Å². The molecule has 1 saturated carbocycles. The van der Waals surface area contributed by atoms with E-state index >= 15 is 0 Å². The van der Waals surface area contributed by atoms with E-state index in [0.29, 0.717) is 5.25 Å². The largest absolute Gasteiger partial charge is 0.468 e. The minimum Gasteiger partial charge on any atom is -0.468 e. The predicted octanol–water partition coefficient (Wildman–Crippen LogP) is 3.01. The van der Waals surface area contributed by atoms with Crippen LogP contribution in [0.3, 0.4) is 0 Å². The van der Waals surface area contributed by atoms with Crippen molar-refractivity contribution in [2.75, 3.05) is 13.7 Å². The number of thioether (sulfide) groups is 1. The highest BCUT2D eigenvalue weighted by Crippen LogP contribution is 2.41. The Morgan fingerprint density at radius 2 is 2.50 bits per heavy atom. The lowest BCUT2D eigenvalue weighted by atomic mass is 9.97. The molecular formula is C14H22N2O2S2. The second kappa shape index (κ2) is 6.91. The quantitative estimate of drug-likeness (QED) is 0.818. The second-order valence-corrected chi connectivity index (χ2v) is 7.64. The Balaban J connectivity index is 2.01. The van der Waals surface area contributed by atoms with Gasteiger partial charge < -0.3 is 10.1 Å². The van der Waals surface area contributed by atoms with Crippen molar-refractivity contribution in [1.29, 1.82) is 0 Å². The molecule has 1 aromatic rings. The molecule has 1 heterocycles. The summed E-state index contributed by atoms with van der Waals surface area (Å²) in [7, 11) is 1.47. The summed E-state index contributed by atoms with van der Waals surface area (Å²) in [5.41, 5.74) is 0.577. The van der Waals surface area contributed by atoms with E-state index in [2.05, 4.69) is 22.6 Å². The first-order valence-electron chi connectivity index (χ1n) is 7.02. The highest BCUT2D eigenvalue weighted by atomic mass is 32.2. The van der Waals surface area contributed by atoms with Gasteiger partial charge in [0.25, 0.3) is 0 Å². The Morgan fingerprint density at radius 3 is 3.10 bits per heavy atom. The number of carbonyl (C=O) groups excluding carboxylic acids is 1. The zero-order valence-corrected chi connectivity index (χ0v) is 13.9. The summed E-state index contributed by atoms with van der Waals surface area (Å²) in [5, 5.41) is 5.92. The van der Waals surface area contributed by atoms with Gasteiger partial charge in [0, 0.05) is 16.3 Å². The maximum atomic E-state index is 12.1. The van der Waals surface area contributed by atoms with Gasteiger partial charge in [0.1, 0.15) is 9.88 Å². The zero-order chi connectivity index (χ0) is 14.6. The smallest absolute Gasteiger partial charge is 0.326 e. The van der Waals surface area contributed by atoms with Crippen LogP contribution in [0.4, 0.5) is 0 Å². The average Bonchev–Trinajstić information content (AvgIpc) is 3.04. The topological polar surface area (TPSA) is 51.2 Å². The standard InChI is InChI=1S/C14H22N2O2S2/c1-4-7-15-14(12(17)18-3)6-5-11(8-14)20-13-16-10(2)9-19-13/h9,11,15H,4-8H2,1-3H3. The van der Waals surface area contributed by atoms with Crippen LogP contribution in [-0.2, 0) is 9.53 Å². The minimum atomic E-state index is -0.491. The molecule has 1 aliphatic carbocycles. The van der Waals surface area contributed by atoms with E-state index in [4.69, 9.17) is 4.74 Å². The van der Waals surface area contributed by atoms with Crippen LogP contribution in [0.5, 0.6) is 0 Å². The first-order valence-corrected chi connectivity index (χ1v) is 8.78. The van der Waals surface area contributed by atoms with E-state index in [9.17, 15) is 4.79 Å². The van der Waals surface area contributed by atoms with Gasteiger partial charge in [-0.05, 0) is 39.2 Å². The summed E-state index contributed by atoms with van der Waals surface area (Å²) in [4.78, 5) is 16.6. The monoisotopic (exact) mass is 314 g/mol. The maximum Gasteiger partial charge on any atom is 0.326 e. The van der Waals surface area contributed by atoms with Crippen LogP contribution in [0.15, 0.2) is 9.72 Å². The molecule has 1 aromatic heterocycles. The number of ether oxygens (including phenoxy) is 1. The molecule has 2 rings (SSSR count). The molecule has 20 heavy (non-hydrogen) atoms. The molecule has 2 atom stereocenters. The SMILES string of the molecule is CCCNC1(C(=O)OC)CCC(Sc2nc(C)cs2)C1. The van der Waals surface area contributed by atoms with Gasteiger partial charge in [0.2, 0.25) is 0 Å². The molecule has 4 nitrogen and oxygen atoms in total. The van der Waals surface area contributed by atoms with Crippen LogP contribution < -0.4 is 5.32 Å². The van der Waals surface area contributed by atoms with Gasteiger partial charge in [-0.3, -0.25) is 4.79 Å². The normalized spacial score (nSPS) is 25.9. The first-order chi connectivity index (χ1) is 9.59. The average molecular weight is 314 g/mol. The number of nitrogens with zero attached hydrogens (tertiary/aromatic N) is 1. The number of esters is 1. The number of methoxy groups -OCH3 is 1. The van der Waals surface area contributed by atoms with Gasteiger partial charge in [-0.1, -0.05) is 18.7 Å². The Bertz CT molecular complexity index is 464. The number of carbonyl (C=O) groups is 1. The second-order valence-electron chi connectivity index (χ2n) is 5.24. The third-order valence-electron chi connectivity index (χ3n) is 3.62. The predicted molar refractivity (Wildman–Crippen MR) is 83.4 cm³/mol. The summed E-state index contributed by atoms with van der Waals surface area (Å²) >= 11 is 3.48. The molecule has 0 saturated heterocycles. The summed E-state index contributed by atoms with van der Waals surface area (Å²) in [5.74, 6) is -0.121. The first kappa shape index (κ1) is 15.8. The fourth-order valence-electron chi connectivity index (χ4n) is 2.61. The third kappa shape index (κ3) is 3.54. The van der Waals surface area contributed by atoms with E-state index in [1.54, 1.807) is 23.1 Å². The number of aryl methyl sites for hydroxylation is 1. The fraction of sp³-hybridized carbons (Fsp3) is 0.714. The highest BCUT2D eigenvalue weighted by Gasteiger charge is 2.46. The molecule has 6 heteroatoms. The number of hydrogen-bond acceptors (Lipinski definition) is 6. The van der Waals surface area contributed by atoms with E-state index < -0.39 is 5.54 Å². The van der Waals surface area contributed by atoms with E-state index in [1.807, 2.05) is 6.92 Å². The molecule has 0 aliphatic heterocycles. The number of aromatic nitrogens is 1. The molecule has 0 aromatic carbocycles. The molecule has 112 valence electrons. The molecular weight excluding hydrogens is 292 g/mol. The molecule has 1 aliphatic rings. The van der Waals surface area contributed by atoms with Crippen molar-refractivity contribution in [2.24, 2.45) is 0 Å². The van der Waals surface area contributed by atoms with Crippen LogP contribution in [-0.4, -0.2) is 35.4 Å². The fourth-order valence-corrected chi connectivity index (χ4v) is 4.99. The number of hydrogen-bond donors (Lipinski definition) is 1. The van der Waals surface area contributed by atoms with Crippen molar-refractivity contribution >= 4 is 29.1 Å². The van der Waals surface area contributed by atoms with Crippen LogP contribution >= 0.6 is 23.1 Å². The Hall–Kier alpha value is -0.590. The summed E-state index contributed by atoms with van der Waals surface area (Å²) < 4.78 is 6.11. The van der Waals surface area contributed by atoms with Crippen LogP contribution in [0.25, 0.3) is 0 Å². The van der Waals surface area contributed by atoms with Gasteiger partial charge in [-0.25, -0.2) is 4.98 Å². The van der Waals surface area contributed by atoms with Gasteiger partial charge >= 0.3 is 5.97 Å². The van der Waals surface area contributed by atoms with Crippen molar-refractivity contribution < 1.29 is 9.53 Å². The molecule has 1 N–H and O–H groups in total. The number of thiazole rings is 1. The van der Waals surface area contributed by atoms with E-state index in [0.717, 1.165) is 42.3 Å².